The summed E-state index contributed by atoms with van der Waals surface area (Å²) in [5.41, 5.74) is 0.758. The van der Waals surface area contributed by atoms with Crippen molar-refractivity contribution in [3.63, 3.8) is 0 Å². The number of carbonyl (C=O) groups is 2. The third-order valence-electron chi connectivity index (χ3n) is 4.09. The minimum absolute atomic E-state index is 0.125. The number of hydrogen-bond acceptors (Lipinski definition) is 9. The Morgan fingerprint density at radius 1 is 1.13 bits per heavy atom. The lowest BCUT2D eigenvalue weighted by Gasteiger charge is -2.03. The van der Waals surface area contributed by atoms with E-state index in [-0.39, 0.29) is 29.9 Å². The van der Waals surface area contributed by atoms with E-state index in [1.807, 2.05) is 0 Å². The molecule has 0 radical (unpaired) electrons. The van der Waals surface area contributed by atoms with E-state index in [4.69, 9.17) is 14.0 Å². The van der Waals surface area contributed by atoms with Crippen LogP contribution in [0.3, 0.4) is 0 Å². The molecular weight excluding hydrogens is 410 g/mol. The van der Waals surface area contributed by atoms with Crippen LogP contribution in [0, 0.1) is 5.92 Å². The van der Waals surface area contributed by atoms with Crippen LogP contribution in [0.15, 0.2) is 28.8 Å². The Bertz CT molecular complexity index is 1080. The molecule has 1 aliphatic heterocycles. The topological polar surface area (TPSA) is 128 Å². The van der Waals surface area contributed by atoms with Gasteiger partial charge >= 0.3 is 0 Å². The van der Waals surface area contributed by atoms with Crippen LogP contribution in [0.1, 0.15) is 44.9 Å². The second kappa shape index (κ2) is 8.49. The van der Waals surface area contributed by atoms with Crippen LogP contribution in [0.4, 0.5) is 5.69 Å². The molecule has 3 aromatic rings. The number of amides is 2. The van der Waals surface area contributed by atoms with Gasteiger partial charge in [0.25, 0.3) is 11.8 Å². The number of hydrogen-bond donors (Lipinski definition) is 2. The lowest BCUT2D eigenvalue weighted by atomic mass is 10.1. The number of rotatable bonds is 7. The molecule has 4 rings (SSSR count). The van der Waals surface area contributed by atoms with Crippen LogP contribution < -0.4 is 20.1 Å². The molecule has 0 spiro atoms. The van der Waals surface area contributed by atoms with Gasteiger partial charge in [-0.05, 0) is 18.1 Å². The van der Waals surface area contributed by atoms with Crippen molar-refractivity contribution in [3.05, 3.63) is 45.7 Å². The summed E-state index contributed by atoms with van der Waals surface area (Å²) in [6.45, 7) is 4.39. The quantitative estimate of drug-likeness (QED) is 0.586. The number of carbonyl (C=O) groups excluding carboxylic acids is 2. The summed E-state index contributed by atoms with van der Waals surface area (Å²) in [6.07, 6.45) is 0.707. The van der Waals surface area contributed by atoms with Gasteiger partial charge in [0.05, 0.1) is 6.54 Å². The monoisotopic (exact) mass is 429 g/mol. The molecule has 0 saturated carbocycles. The molecule has 0 unspecified atom stereocenters. The van der Waals surface area contributed by atoms with Gasteiger partial charge in [-0.15, -0.1) is 10.2 Å². The van der Waals surface area contributed by atoms with Crippen molar-refractivity contribution in [2.75, 3.05) is 12.1 Å². The third kappa shape index (κ3) is 4.57. The normalized spacial score (nSPS) is 12.2. The minimum Gasteiger partial charge on any atom is -0.454 e. The summed E-state index contributed by atoms with van der Waals surface area (Å²) in [5, 5.41) is 17.7. The Balaban J connectivity index is 1.32. The van der Waals surface area contributed by atoms with E-state index in [1.165, 1.54) is 0 Å². The number of nitrogens with zero attached hydrogens (tertiary/aromatic N) is 3. The third-order valence-corrected chi connectivity index (χ3v) is 5.01. The first-order valence-electron chi connectivity index (χ1n) is 9.25. The molecule has 1 aliphatic rings. The van der Waals surface area contributed by atoms with Crippen molar-refractivity contribution in [2.45, 2.75) is 26.8 Å². The maximum absolute atomic E-state index is 12.4. The SMILES string of the molecule is CC(C)Cc1cc(C(=O)NCc2nnc(C(=O)Nc3ccc4c(c3)OCO4)s2)no1. The molecule has 2 N–H and O–H groups in total. The molecule has 1 aromatic carbocycles. The Labute approximate surface area is 175 Å². The fourth-order valence-electron chi connectivity index (χ4n) is 2.74. The van der Waals surface area contributed by atoms with Crippen LogP contribution in [0.5, 0.6) is 11.5 Å². The summed E-state index contributed by atoms with van der Waals surface area (Å²) in [4.78, 5) is 24.6. The van der Waals surface area contributed by atoms with E-state index < -0.39 is 5.91 Å². The largest absolute Gasteiger partial charge is 0.454 e. The molecule has 0 saturated heterocycles. The van der Waals surface area contributed by atoms with Crippen molar-refractivity contribution >= 4 is 28.8 Å². The zero-order valence-electron chi connectivity index (χ0n) is 16.3. The minimum atomic E-state index is -0.404. The number of nitrogens with one attached hydrogen (secondary N) is 2. The van der Waals surface area contributed by atoms with Gasteiger partial charge in [-0.2, -0.15) is 0 Å². The Morgan fingerprint density at radius 2 is 1.97 bits per heavy atom. The van der Waals surface area contributed by atoms with Crippen molar-refractivity contribution in [2.24, 2.45) is 5.92 Å². The molecule has 0 fully saturated rings. The van der Waals surface area contributed by atoms with Crippen LogP contribution in [-0.2, 0) is 13.0 Å². The van der Waals surface area contributed by atoms with Gasteiger partial charge in [0.2, 0.25) is 11.8 Å². The van der Waals surface area contributed by atoms with E-state index >= 15 is 0 Å². The predicted octanol–water partition coefficient (Wildman–Crippen LogP) is 2.64. The van der Waals surface area contributed by atoms with Gasteiger partial charge in [-0.25, -0.2) is 0 Å². The number of fused-ring (bicyclic) bond motifs is 1. The zero-order chi connectivity index (χ0) is 21.1. The molecule has 3 heterocycles. The predicted molar refractivity (Wildman–Crippen MR) is 107 cm³/mol. The van der Waals surface area contributed by atoms with Crippen LogP contribution in [0.2, 0.25) is 0 Å². The Hall–Kier alpha value is -3.47. The molecule has 0 atom stereocenters. The first-order valence-corrected chi connectivity index (χ1v) is 10.1. The summed E-state index contributed by atoms with van der Waals surface area (Å²) < 4.78 is 15.7. The van der Waals surface area contributed by atoms with Crippen LogP contribution in [0.25, 0.3) is 0 Å². The van der Waals surface area contributed by atoms with Gasteiger partial charge in [0.15, 0.2) is 17.2 Å². The molecular formula is C19H19N5O5S. The molecule has 11 heteroatoms. The number of ether oxygens (including phenoxy) is 2. The maximum atomic E-state index is 12.4. The first-order chi connectivity index (χ1) is 14.5. The van der Waals surface area contributed by atoms with E-state index in [2.05, 4.69) is 39.8 Å². The molecule has 10 nitrogen and oxygen atoms in total. The van der Waals surface area contributed by atoms with E-state index in [0.29, 0.717) is 40.3 Å². The number of aromatic nitrogens is 3. The molecule has 30 heavy (non-hydrogen) atoms. The fraction of sp³-hybridized carbons (Fsp3) is 0.316. The molecule has 156 valence electrons. The van der Waals surface area contributed by atoms with E-state index in [9.17, 15) is 9.59 Å². The average Bonchev–Trinajstić information content (AvgIpc) is 3.45. The number of anilines is 1. The second-order valence-electron chi connectivity index (χ2n) is 6.98. The Morgan fingerprint density at radius 3 is 2.80 bits per heavy atom. The highest BCUT2D eigenvalue weighted by Crippen LogP contribution is 2.34. The maximum Gasteiger partial charge on any atom is 0.286 e. The molecule has 2 aromatic heterocycles. The van der Waals surface area contributed by atoms with E-state index in [1.54, 1.807) is 24.3 Å². The van der Waals surface area contributed by atoms with Gasteiger partial charge in [0, 0.05) is 24.2 Å². The van der Waals surface area contributed by atoms with Gasteiger partial charge in [-0.1, -0.05) is 30.3 Å². The van der Waals surface area contributed by atoms with Gasteiger partial charge in [-0.3, -0.25) is 9.59 Å². The summed E-state index contributed by atoms with van der Waals surface area (Å²) in [7, 11) is 0. The zero-order valence-corrected chi connectivity index (χ0v) is 17.1. The van der Waals surface area contributed by atoms with Crippen molar-refractivity contribution in [3.8, 4) is 11.5 Å². The smallest absolute Gasteiger partial charge is 0.286 e. The Kier molecular flexibility index (Phi) is 5.61. The molecule has 0 aliphatic carbocycles. The average molecular weight is 429 g/mol. The van der Waals surface area contributed by atoms with Crippen LogP contribution in [-0.4, -0.2) is 34.0 Å². The highest BCUT2D eigenvalue weighted by Gasteiger charge is 2.18. The molecule has 0 bridgehead atoms. The molecule has 2 amide bonds. The van der Waals surface area contributed by atoms with Crippen molar-refractivity contribution < 1.29 is 23.6 Å². The highest BCUT2D eigenvalue weighted by molar-refractivity contribution is 7.13. The lowest BCUT2D eigenvalue weighted by Crippen LogP contribution is -2.23. The van der Waals surface area contributed by atoms with Crippen molar-refractivity contribution in [1.29, 1.82) is 0 Å². The summed E-state index contributed by atoms with van der Waals surface area (Å²) in [6, 6.07) is 6.72. The first kappa shape index (κ1) is 19.8. The van der Waals surface area contributed by atoms with Crippen LogP contribution >= 0.6 is 11.3 Å². The standard InChI is InChI=1S/C19H19N5O5S/c1-10(2)5-12-7-13(24-29-12)17(25)20-8-16-22-23-19(30-16)18(26)21-11-3-4-14-15(6-11)28-9-27-14/h3-4,6-7,10H,5,8-9H2,1-2H3,(H,20,25)(H,21,26). The summed E-state index contributed by atoms with van der Waals surface area (Å²) in [5.74, 6) is 1.48. The summed E-state index contributed by atoms with van der Waals surface area (Å²) >= 11 is 1.09. The number of benzene rings is 1. The van der Waals surface area contributed by atoms with E-state index in [0.717, 1.165) is 11.3 Å². The fourth-order valence-corrected chi connectivity index (χ4v) is 3.42. The van der Waals surface area contributed by atoms with Crippen molar-refractivity contribution in [1.82, 2.24) is 20.7 Å². The second-order valence-corrected chi connectivity index (χ2v) is 8.04. The van der Waals surface area contributed by atoms with Gasteiger partial charge in [0.1, 0.15) is 10.8 Å². The lowest BCUT2D eigenvalue weighted by molar-refractivity contribution is 0.0940. The van der Waals surface area contributed by atoms with Gasteiger partial charge < -0.3 is 24.6 Å². The highest BCUT2D eigenvalue weighted by atomic mass is 32.1.